The van der Waals surface area contributed by atoms with Crippen molar-refractivity contribution in [3.8, 4) is 17.2 Å². The van der Waals surface area contributed by atoms with Gasteiger partial charge in [0, 0.05) is 17.7 Å². The summed E-state index contributed by atoms with van der Waals surface area (Å²) in [5.74, 6) is -0.255. The quantitative estimate of drug-likeness (QED) is 0.509. The van der Waals surface area contributed by atoms with Crippen molar-refractivity contribution < 1.29 is 33.3 Å². The first-order chi connectivity index (χ1) is 13.9. The highest BCUT2D eigenvalue weighted by atomic mass is 16.5. The van der Waals surface area contributed by atoms with Crippen LogP contribution in [0.5, 0.6) is 17.2 Å². The standard InChI is InChI=1S/C21H23NO7/c1-5-19(24)22-15-8-6-13(7-9-15)16(23)12-29-21(25)14-10-17(26-2)20(28-4)18(11-14)27-3/h6-11H,5,12H2,1-4H3,(H,22,24). The van der Waals surface area contributed by atoms with Crippen LogP contribution in [0, 0.1) is 0 Å². The zero-order valence-corrected chi connectivity index (χ0v) is 16.7. The summed E-state index contributed by atoms with van der Waals surface area (Å²) in [6.07, 6.45) is 0.359. The maximum atomic E-state index is 12.4. The molecule has 0 bridgehead atoms. The van der Waals surface area contributed by atoms with Gasteiger partial charge in [-0.05, 0) is 36.4 Å². The molecule has 0 unspecified atom stereocenters. The molecule has 0 aliphatic carbocycles. The molecule has 0 radical (unpaired) electrons. The zero-order chi connectivity index (χ0) is 21.4. The number of Topliss-reactive ketones (excluding diaryl/α,β-unsaturated/α-hetero) is 1. The molecule has 0 aromatic heterocycles. The van der Waals surface area contributed by atoms with Crippen LogP contribution in [0.1, 0.15) is 34.1 Å². The molecular formula is C21H23NO7. The summed E-state index contributed by atoms with van der Waals surface area (Å²) in [7, 11) is 4.32. The predicted octanol–water partition coefficient (Wildman–Crippen LogP) is 3.10. The molecule has 154 valence electrons. The Balaban J connectivity index is 2.05. The van der Waals surface area contributed by atoms with Gasteiger partial charge in [-0.1, -0.05) is 6.92 Å². The zero-order valence-electron chi connectivity index (χ0n) is 16.7. The van der Waals surface area contributed by atoms with Gasteiger partial charge in [-0.3, -0.25) is 9.59 Å². The van der Waals surface area contributed by atoms with E-state index in [-0.39, 0.29) is 17.3 Å². The molecule has 0 fully saturated rings. The van der Waals surface area contributed by atoms with Crippen molar-refractivity contribution in [2.24, 2.45) is 0 Å². The van der Waals surface area contributed by atoms with E-state index in [1.54, 1.807) is 31.2 Å². The Hall–Kier alpha value is -3.55. The number of rotatable bonds is 9. The maximum absolute atomic E-state index is 12.4. The fourth-order valence-corrected chi connectivity index (χ4v) is 2.49. The van der Waals surface area contributed by atoms with Gasteiger partial charge in [0.1, 0.15) is 0 Å². The third kappa shape index (κ3) is 5.47. The predicted molar refractivity (Wildman–Crippen MR) is 106 cm³/mol. The highest BCUT2D eigenvalue weighted by Crippen LogP contribution is 2.38. The number of carbonyl (C=O) groups is 3. The Morgan fingerprint density at radius 1 is 0.862 bits per heavy atom. The van der Waals surface area contributed by atoms with Gasteiger partial charge in [0.05, 0.1) is 26.9 Å². The average molecular weight is 401 g/mol. The molecule has 0 heterocycles. The number of hydrogen-bond donors (Lipinski definition) is 1. The average Bonchev–Trinajstić information content (AvgIpc) is 2.76. The minimum Gasteiger partial charge on any atom is -0.493 e. The first-order valence-electron chi connectivity index (χ1n) is 8.83. The second-order valence-electron chi connectivity index (χ2n) is 5.89. The largest absolute Gasteiger partial charge is 0.493 e. The lowest BCUT2D eigenvalue weighted by Gasteiger charge is -2.13. The molecule has 0 saturated heterocycles. The van der Waals surface area contributed by atoms with Crippen molar-refractivity contribution >= 4 is 23.3 Å². The van der Waals surface area contributed by atoms with Crippen LogP contribution >= 0.6 is 0 Å². The maximum Gasteiger partial charge on any atom is 0.338 e. The fraction of sp³-hybridized carbons (Fsp3) is 0.286. The highest BCUT2D eigenvalue weighted by Gasteiger charge is 2.19. The summed E-state index contributed by atoms with van der Waals surface area (Å²) < 4.78 is 20.7. The normalized spacial score (nSPS) is 10.1. The first-order valence-corrected chi connectivity index (χ1v) is 8.83. The molecule has 2 aromatic rings. The third-order valence-electron chi connectivity index (χ3n) is 4.05. The van der Waals surface area contributed by atoms with Crippen LogP contribution in [0.25, 0.3) is 0 Å². The number of ketones is 1. The number of ether oxygens (including phenoxy) is 4. The van der Waals surface area contributed by atoms with Gasteiger partial charge in [0.25, 0.3) is 0 Å². The second-order valence-corrected chi connectivity index (χ2v) is 5.89. The Morgan fingerprint density at radius 3 is 1.93 bits per heavy atom. The molecule has 8 heteroatoms. The van der Waals surface area contributed by atoms with E-state index in [1.165, 1.54) is 33.5 Å². The Morgan fingerprint density at radius 2 is 1.45 bits per heavy atom. The molecule has 0 spiro atoms. The molecule has 2 aromatic carbocycles. The van der Waals surface area contributed by atoms with Crippen molar-refractivity contribution in [1.82, 2.24) is 0 Å². The number of anilines is 1. The molecule has 0 atom stereocenters. The van der Waals surface area contributed by atoms with Crippen molar-refractivity contribution in [2.45, 2.75) is 13.3 Å². The summed E-state index contributed by atoms with van der Waals surface area (Å²) in [6.45, 7) is 1.31. The van der Waals surface area contributed by atoms with Gasteiger partial charge in [-0.2, -0.15) is 0 Å². The van der Waals surface area contributed by atoms with E-state index in [4.69, 9.17) is 18.9 Å². The molecular weight excluding hydrogens is 378 g/mol. The van der Waals surface area contributed by atoms with Crippen molar-refractivity contribution in [3.05, 3.63) is 47.5 Å². The van der Waals surface area contributed by atoms with Crippen LogP contribution in [-0.4, -0.2) is 45.6 Å². The molecule has 8 nitrogen and oxygen atoms in total. The lowest BCUT2D eigenvalue weighted by molar-refractivity contribution is -0.115. The van der Waals surface area contributed by atoms with E-state index >= 15 is 0 Å². The van der Waals surface area contributed by atoms with E-state index in [1.807, 2.05) is 0 Å². The lowest BCUT2D eigenvalue weighted by atomic mass is 10.1. The van der Waals surface area contributed by atoms with Gasteiger partial charge in [-0.25, -0.2) is 4.79 Å². The van der Waals surface area contributed by atoms with E-state index in [0.29, 0.717) is 34.9 Å². The Labute approximate surface area is 168 Å². The van der Waals surface area contributed by atoms with E-state index < -0.39 is 12.6 Å². The molecule has 0 aliphatic rings. The number of benzene rings is 2. The smallest absolute Gasteiger partial charge is 0.338 e. The van der Waals surface area contributed by atoms with Crippen LogP contribution in [-0.2, 0) is 9.53 Å². The monoisotopic (exact) mass is 401 g/mol. The fourth-order valence-electron chi connectivity index (χ4n) is 2.49. The van der Waals surface area contributed by atoms with Crippen LogP contribution < -0.4 is 19.5 Å². The topological polar surface area (TPSA) is 100 Å². The Kier molecular flexibility index (Phi) is 7.59. The van der Waals surface area contributed by atoms with E-state index in [9.17, 15) is 14.4 Å². The minimum atomic E-state index is -0.704. The number of carbonyl (C=O) groups excluding carboxylic acids is 3. The van der Waals surface area contributed by atoms with Crippen LogP contribution in [0.15, 0.2) is 36.4 Å². The second kappa shape index (κ2) is 10.1. The third-order valence-corrected chi connectivity index (χ3v) is 4.05. The molecule has 0 saturated carbocycles. The van der Waals surface area contributed by atoms with E-state index in [2.05, 4.69) is 5.32 Å². The van der Waals surface area contributed by atoms with E-state index in [0.717, 1.165) is 0 Å². The summed E-state index contributed by atoms with van der Waals surface area (Å²) in [5, 5.41) is 2.69. The first kappa shape index (κ1) is 21.7. The van der Waals surface area contributed by atoms with Gasteiger partial charge >= 0.3 is 5.97 Å². The number of hydrogen-bond acceptors (Lipinski definition) is 7. The van der Waals surface area contributed by atoms with Crippen molar-refractivity contribution in [1.29, 1.82) is 0 Å². The van der Waals surface area contributed by atoms with Crippen LogP contribution in [0.4, 0.5) is 5.69 Å². The molecule has 1 N–H and O–H groups in total. The van der Waals surface area contributed by atoms with Gasteiger partial charge in [-0.15, -0.1) is 0 Å². The van der Waals surface area contributed by atoms with Crippen molar-refractivity contribution in [3.63, 3.8) is 0 Å². The van der Waals surface area contributed by atoms with Gasteiger partial charge < -0.3 is 24.3 Å². The molecule has 1 amide bonds. The highest BCUT2D eigenvalue weighted by molar-refractivity contribution is 6.00. The SMILES string of the molecule is CCC(=O)Nc1ccc(C(=O)COC(=O)c2cc(OC)c(OC)c(OC)c2)cc1. The molecule has 2 rings (SSSR count). The van der Waals surface area contributed by atoms with Crippen LogP contribution in [0.2, 0.25) is 0 Å². The number of amides is 1. The van der Waals surface area contributed by atoms with Gasteiger partial charge in [0.2, 0.25) is 11.7 Å². The van der Waals surface area contributed by atoms with Crippen molar-refractivity contribution in [2.75, 3.05) is 33.3 Å². The number of methoxy groups -OCH3 is 3. The molecule has 0 aliphatic heterocycles. The lowest BCUT2D eigenvalue weighted by Crippen LogP contribution is -2.15. The number of nitrogens with one attached hydrogen (secondary N) is 1. The summed E-state index contributed by atoms with van der Waals surface area (Å²) in [4.78, 5) is 36.0. The van der Waals surface area contributed by atoms with Crippen LogP contribution in [0.3, 0.4) is 0 Å². The summed E-state index contributed by atoms with van der Waals surface area (Å²) >= 11 is 0. The minimum absolute atomic E-state index is 0.122. The summed E-state index contributed by atoms with van der Waals surface area (Å²) in [5.41, 5.74) is 1.10. The Bertz CT molecular complexity index is 865. The van der Waals surface area contributed by atoms with Gasteiger partial charge in [0.15, 0.2) is 23.9 Å². The molecule has 29 heavy (non-hydrogen) atoms. The summed E-state index contributed by atoms with van der Waals surface area (Å²) in [6, 6.07) is 9.23. The number of esters is 1.